The summed E-state index contributed by atoms with van der Waals surface area (Å²) < 4.78 is 0. The lowest BCUT2D eigenvalue weighted by molar-refractivity contribution is -0.152. The van der Waals surface area contributed by atoms with Crippen molar-refractivity contribution in [3.05, 3.63) is 0 Å². The Balaban J connectivity index is 1.73. The maximum atomic E-state index is 11.6. The summed E-state index contributed by atoms with van der Waals surface area (Å²) in [5, 5.41) is 11.7. The van der Waals surface area contributed by atoms with Gasteiger partial charge in [0, 0.05) is 6.54 Å². The smallest absolute Gasteiger partial charge is 0.307 e. The molecule has 4 nitrogen and oxygen atoms in total. The zero-order chi connectivity index (χ0) is 11.0. The van der Waals surface area contributed by atoms with Crippen LogP contribution in [0.4, 0.5) is 0 Å². The molecule has 2 rings (SSSR count). The number of carboxylic acids is 1. The quantitative estimate of drug-likeness (QED) is 0.725. The molecular formula is C11H17NO3. The largest absolute Gasteiger partial charge is 0.481 e. The van der Waals surface area contributed by atoms with Gasteiger partial charge in [-0.15, -0.1) is 0 Å². The van der Waals surface area contributed by atoms with Crippen molar-refractivity contribution in [2.45, 2.75) is 26.2 Å². The zero-order valence-corrected chi connectivity index (χ0v) is 8.90. The Morgan fingerprint density at radius 3 is 2.33 bits per heavy atom. The second kappa shape index (κ2) is 3.83. The van der Waals surface area contributed by atoms with Crippen LogP contribution < -0.4 is 5.32 Å². The van der Waals surface area contributed by atoms with E-state index in [9.17, 15) is 9.59 Å². The fourth-order valence-electron chi connectivity index (χ4n) is 2.16. The lowest BCUT2D eigenvalue weighted by Crippen LogP contribution is -2.44. The Kier molecular flexibility index (Phi) is 2.67. The molecule has 4 unspecified atom stereocenters. The van der Waals surface area contributed by atoms with E-state index in [4.69, 9.17) is 5.11 Å². The topological polar surface area (TPSA) is 66.4 Å². The van der Waals surface area contributed by atoms with Crippen LogP contribution in [0.5, 0.6) is 0 Å². The van der Waals surface area contributed by atoms with Gasteiger partial charge in [-0.3, -0.25) is 9.59 Å². The third kappa shape index (κ3) is 2.13. The van der Waals surface area contributed by atoms with Gasteiger partial charge in [0.25, 0.3) is 0 Å². The minimum Gasteiger partial charge on any atom is -0.481 e. The van der Waals surface area contributed by atoms with Gasteiger partial charge in [-0.1, -0.05) is 6.92 Å². The Morgan fingerprint density at radius 2 is 1.93 bits per heavy atom. The molecule has 0 aliphatic heterocycles. The minimum atomic E-state index is -0.832. The standard InChI is InChI=1S/C11H17NO3/c1-6-4-7(6)5-12-10(13)8-2-3-9(8)11(14)15/h6-9H,2-5H2,1H3,(H,12,13)(H,14,15). The van der Waals surface area contributed by atoms with Crippen LogP contribution in [-0.4, -0.2) is 23.5 Å². The van der Waals surface area contributed by atoms with E-state index in [2.05, 4.69) is 12.2 Å². The van der Waals surface area contributed by atoms with Gasteiger partial charge in [0.05, 0.1) is 11.8 Å². The molecule has 0 spiro atoms. The predicted molar refractivity (Wildman–Crippen MR) is 54.1 cm³/mol. The van der Waals surface area contributed by atoms with Gasteiger partial charge in [-0.2, -0.15) is 0 Å². The van der Waals surface area contributed by atoms with Crippen LogP contribution in [-0.2, 0) is 9.59 Å². The normalized spacial score (nSPS) is 37.9. The average Bonchev–Trinajstić information content (AvgIpc) is 2.75. The van der Waals surface area contributed by atoms with Gasteiger partial charge in [-0.25, -0.2) is 0 Å². The first-order valence-corrected chi connectivity index (χ1v) is 5.60. The van der Waals surface area contributed by atoms with Gasteiger partial charge < -0.3 is 10.4 Å². The molecule has 0 aromatic rings. The second-order valence-electron chi connectivity index (χ2n) is 4.85. The number of hydrogen-bond donors (Lipinski definition) is 2. The fraction of sp³-hybridized carbons (Fsp3) is 0.818. The Hall–Kier alpha value is -1.06. The van der Waals surface area contributed by atoms with E-state index in [-0.39, 0.29) is 11.8 Å². The molecule has 0 heterocycles. The summed E-state index contributed by atoms with van der Waals surface area (Å²) >= 11 is 0. The zero-order valence-electron chi connectivity index (χ0n) is 8.90. The van der Waals surface area contributed by atoms with Crippen LogP contribution in [0.3, 0.4) is 0 Å². The summed E-state index contributed by atoms with van der Waals surface area (Å²) in [4.78, 5) is 22.3. The number of carboxylic acid groups (broad SMARTS) is 1. The Morgan fingerprint density at radius 1 is 1.33 bits per heavy atom. The van der Waals surface area contributed by atoms with Gasteiger partial charge in [0.15, 0.2) is 0 Å². The van der Waals surface area contributed by atoms with E-state index in [1.165, 1.54) is 6.42 Å². The van der Waals surface area contributed by atoms with Crippen molar-refractivity contribution >= 4 is 11.9 Å². The first kappa shape index (κ1) is 10.5. The average molecular weight is 211 g/mol. The van der Waals surface area contributed by atoms with E-state index in [1.54, 1.807) is 0 Å². The summed E-state index contributed by atoms with van der Waals surface area (Å²) in [5.41, 5.74) is 0. The molecule has 2 aliphatic rings. The lowest BCUT2D eigenvalue weighted by atomic mass is 9.73. The maximum Gasteiger partial charge on any atom is 0.307 e. The van der Waals surface area contributed by atoms with Crippen molar-refractivity contribution in [1.82, 2.24) is 5.32 Å². The molecule has 4 heteroatoms. The molecular weight excluding hydrogens is 194 g/mol. The van der Waals surface area contributed by atoms with E-state index in [1.807, 2.05) is 0 Å². The summed E-state index contributed by atoms with van der Waals surface area (Å²) in [6, 6.07) is 0. The van der Waals surface area contributed by atoms with Gasteiger partial charge >= 0.3 is 5.97 Å². The number of aliphatic carboxylic acids is 1. The van der Waals surface area contributed by atoms with Gasteiger partial charge in [-0.05, 0) is 31.1 Å². The molecule has 2 saturated carbocycles. The van der Waals surface area contributed by atoms with Crippen molar-refractivity contribution in [1.29, 1.82) is 0 Å². The molecule has 2 N–H and O–H groups in total. The molecule has 2 fully saturated rings. The summed E-state index contributed by atoms with van der Waals surface area (Å²) in [5.74, 6) is -0.272. The molecule has 0 aromatic heterocycles. The highest BCUT2D eigenvalue weighted by Crippen LogP contribution is 2.38. The summed E-state index contributed by atoms with van der Waals surface area (Å²) in [6.07, 6.45) is 2.56. The van der Waals surface area contributed by atoms with Crippen molar-refractivity contribution in [2.24, 2.45) is 23.7 Å². The molecule has 0 saturated heterocycles. The molecule has 0 radical (unpaired) electrons. The van der Waals surface area contributed by atoms with Gasteiger partial charge in [0.2, 0.25) is 5.91 Å². The molecule has 15 heavy (non-hydrogen) atoms. The SMILES string of the molecule is CC1CC1CNC(=O)C1CCC1C(=O)O. The highest BCUT2D eigenvalue weighted by atomic mass is 16.4. The van der Waals surface area contributed by atoms with Crippen molar-refractivity contribution in [2.75, 3.05) is 6.54 Å². The Bertz CT molecular complexity index is 290. The fourth-order valence-corrected chi connectivity index (χ4v) is 2.16. The van der Waals surface area contributed by atoms with Crippen LogP contribution in [0.25, 0.3) is 0 Å². The first-order valence-electron chi connectivity index (χ1n) is 5.60. The van der Waals surface area contributed by atoms with Crippen molar-refractivity contribution < 1.29 is 14.7 Å². The van der Waals surface area contributed by atoms with Crippen LogP contribution in [0.15, 0.2) is 0 Å². The number of nitrogens with one attached hydrogen (secondary N) is 1. The van der Waals surface area contributed by atoms with Crippen LogP contribution in [0.1, 0.15) is 26.2 Å². The lowest BCUT2D eigenvalue weighted by Gasteiger charge is -2.31. The number of amides is 1. The van der Waals surface area contributed by atoms with Crippen LogP contribution in [0.2, 0.25) is 0 Å². The number of carbonyl (C=O) groups excluding carboxylic acids is 1. The molecule has 4 atom stereocenters. The van der Waals surface area contributed by atoms with E-state index < -0.39 is 11.9 Å². The molecule has 1 amide bonds. The van der Waals surface area contributed by atoms with Crippen molar-refractivity contribution in [3.63, 3.8) is 0 Å². The van der Waals surface area contributed by atoms with Gasteiger partial charge in [0.1, 0.15) is 0 Å². The first-order chi connectivity index (χ1) is 7.09. The number of hydrogen-bond acceptors (Lipinski definition) is 2. The maximum absolute atomic E-state index is 11.6. The molecule has 0 aromatic carbocycles. The summed E-state index contributed by atoms with van der Waals surface area (Å²) in [7, 11) is 0. The highest BCUT2D eigenvalue weighted by Gasteiger charge is 2.42. The van der Waals surface area contributed by atoms with E-state index >= 15 is 0 Å². The molecule has 0 bridgehead atoms. The second-order valence-corrected chi connectivity index (χ2v) is 4.85. The third-order valence-electron chi connectivity index (χ3n) is 3.74. The Labute approximate surface area is 89.0 Å². The van der Waals surface area contributed by atoms with Crippen LogP contribution >= 0.6 is 0 Å². The van der Waals surface area contributed by atoms with Crippen molar-refractivity contribution in [3.8, 4) is 0 Å². The highest BCUT2D eigenvalue weighted by molar-refractivity contribution is 5.86. The van der Waals surface area contributed by atoms with Crippen LogP contribution in [0, 0.1) is 23.7 Å². The number of rotatable bonds is 4. The van der Waals surface area contributed by atoms with E-state index in [0.29, 0.717) is 12.3 Å². The summed E-state index contributed by atoms with van der Waals surface area (Å²) in [6.45, 7) is 2.89. The predicted octanol–water partition coefficient (Wildman–Crippen LogP) is 0.869. The number of carbonyl (C=O) groups is 2. The third-order valence-corrected chi connectivity index (χ3v) is 3.74. The van der Waals surface area contributed by atoms with E-state index in [0.717, 1.165) is 18.9 Å². The minimum absolute atomic E-state index is 0.0623. The molecule has 2 aliphatic carbocycles. The molecule has 84 valence electrons. The monoisotopic (exact) mass is 211 g/mol.